The number of amides is 2. The van der Waals surface area contributed by atoms with Crippen molar-refractivity contribution in [2.24, 2.45) is 5.92 Å². The Kier molecular flexibility index (Phi) is 5.41. The zero-order chi connectivity index (χ0) is 16.1. The van der Waals surface area contributed by atoms with E-state index in [0.29, 0.717) is 25.2 Å². The molecule has 1 heterocycles. The molecule has 2 rings (SSSR count). The largest absolute Gasteiger partial charge is 0.399 e. The number of hydrogen-bond donors (Lipinski definition) is 2. The molecule has 5 nitrogen and oxygen atoms in total. The predicted octanol–water partition coefficient (Wildman–Crippen LogP) is 1.57. The highest BCUT2D eigenvalue weighted by Gasteiger charge is 2.24. The fourth-order valence-corrected chi connectivity index (χ4v) is 2.56. The van der Waals surface area contributed by atoms with Crippen LogP contribution in [0.3, 0.4) is 0 Å². The molecule has 0 spiro atoms. The second-order valence-corrected chi connectivity index (χ2v) is 6.24. The Balaban J connectivity index is 1.79. The number of carbonyl (C=O) groups excluding carboxylic acids is 2. The van der Waals surface area contributed by atoms with Gasteiger partial charge in [-0.25, -0.2) is 0 Å². The van der Waals surface area contributed by atoms with E-state index >= 15 is 0 Å². The van der Waals surface area contributed by atoms with E-state index < -0.39 is 0 Å². The first kappa shape index (κ1) is 16.3. The zero-order valence-electron chi connectivity index (χ0n) is 13.3. The molecule has 1 aromatic carbocycles. The lowest BCUT2D eigenvalue weighted by atomic mass is 10.0. The van der Waals surface area contributed by atoms with Crippen molar-refractivity contribution in [1.29, 1.82) is 0 Å². The molecular weight excluding hydrogens is 278 g/mol. The first-order valence-corrected chi connectivity index (χ1v) is 7.88. The average molecular weight is 303 g/mol. The van der Waals surface area contributed by atoms with Gasteiger partial charge in [0.05, 0.1) is 6.42 Å². The van der Waals surface area contributed by atoms with Gasteiger partial charge in [-0.1, -0.05) is 26.0 Å². The molecule has 0 aliphatic carbocycles. The van der Waals surface area contributed by atoms with Crippen LogP contribution in [0.4, 0.5) is 5.69 Å². The molecule has 1 fully saturated rings. The van der Waals surface area contributed by atoms with Crippen molar-refractivity contribution in [3.05, 3.63) is 29.8 Å². The number of nitrogen functional groups attached to an aromatic ring is 1. The van der Waals surface area contributed by atoms with Crippen LogP contribution >= 0.6 is 0 Å². The standard InChI is InChI=1S/C17H25N3O2/c1-12(2)17(22)19-15-7-9-20(10-8-15)16(21)11-13-3-5-14(18)6-4-13/h3-6,12,15H,7-11,18H2,1-2H3,(H,19,22). The van der Waals surface area contributed by atoms with Crippen molar-refractivity contribution < 1.29 is 9.59 Å². The number of piperidine rings is 1. The highest BCUT2D eigenvalue weighted by atomic mass is 16.2. The second-order valence-electron chi connectivity index (χ2n) is 6.24. The van der Waals surface area contributed by atoms with Crippen LogP contribution in [0.2, 0.25) is 0 Å². The molecule has 3 N–H and O–H groups in total. The van der Waals surface area contributed by atoms with E-state index in [0.717, 1.165) is 18.4 Å². The molecule has 0 radical (unpaired) electrons. The number of carbonyl (C=O) groups is 2. The minimum absolute atomic E-state index is 0.00479. The number of nitrogens with two attached hydrogens (primary N) is 1. The van der Waals surface area contributed by atoms with Gasteiger partial charge in [-0.15, -0.1) is 0 Å². The molecule has 1 aliphatic rings. The molecule has 120 valence electrons. The Labute approximate surface area is 131 Å². The van der Waals surface area contributed by atoms with Gasteiger partial charge in [0.1, 0.15) is 0 Å². The van der Waals surface area contributed by atoms with Crippen molar-refractivity contribution >= 4 is 17.5 Å². The highest BCUT2D eigenvalue weighted by Crippen LogP contribution is 2.14. The normalized spacial score (nSPS) is 15.9. The van der Waals surface area contributed by atoms with E-state index in [4.69, 9.17) is 5.73 Å². The summed E-state index contributed by atoms with van der Waals surface area (Å²) in [6.45, 7) is 5.19. The summed E-state index contributed by atoms with van der Waals surface area (Å²) in [5.41, 5.74) is 7.33. The second kappa shape index (κ2) is 7.29. The van der Waals surface area contributed by atoms with Crippen LogP contribution in [-0.4, -0.2) is 35.8 Å². The Morgan fingerprint density at radius 1 is 1.23 bits per heavy atom. The maximum absolute atomic E-state index is 12.3. The van der Waals surface area contributed by atoms with Gasteiger partial charge >= 0.3 is 0 Å². The average Bonchev–Trinajstić information content (AvgIpc) is 2.50. The first-order chi connectivity index (χ1) is 10.5. The van der Waals surface area contributed by atoms with Crippen molar-refractivity contribution in [2.45, 2.75) is 39.2 Å². The number of anilines is 1. The molecule has 0 bridgehead atoms. The number of rotatable bonds is 4. The topological polar surface area (TPSA) is 75.4 Å². The number of benzene rings is 1. The lowest BCUT2D eigenvalue weighted by molar-refractivity contribution is -0.131. The molecule has 2 amide bonds. The smallest absolute Gasteiger partial charge is 0.226 e. The van der Waals surface area contributed by atoms with Crippen molar-refractivity contribution in [1.82, 2.24) is 10.2 Å². The van der Waals surface area contributed by atoms with Gasteiger partial charge in [-0.2, -0.15) is 0 Å². The monoisotopic (exact) mass is 303 g/mol. The predicted molar refractivity (Wildman–Crippen MR) is 87.1 cm³/mol. The summed E-state index contributed by atoms with van der Waals surface area (Å²) in [4.78, 5) is 25.9. The molecule has 1 aromatic rings. The van der Waals surface area contributed by atoms with Crippen LogP contribution in [0.15, 0.2) is 24.3 Å². The SMILES string of the molecule is CC(C)C(=O)NC1CCN(C(=O)Cc2ccc(N)cc2)CC1. The minimum atomic E-state index is 0.00479. The number of hydrogen-bond acceptors (Lipinski definition) is 3. The van der Waals surface area contributed by atoms with Crippen LogP contribution in [0.25, 0.3) is 0 Å². The summed E-state index contributed by atoms with van der Waals surface area (Å²) in [5, 5.41) is 3.04. The minimum Gasteiger partial charge on any atom is -0.399 e. The summed E-state index contributed by atoms with van der Waals surface area (Å²) in [6.07, 6.45) is 2.06. The van der Waals surface area contributed by atoms with Crippen LogP contribution < -0.4 is 11.1 Å². The number of nitrogens with zero attached hydrogens (tertiary/aromatic N) is 1. The summed E-state index contributed by atoms with van der Waals surface area (Å²) in [6, 6.07) is 7.61. The Hall–Kier alpha value is -2.04. The Bertz CT molecular complexity index is 517. The molecule has 5 heteroatoms. The van der Waals surface area contributed by atoms with E-state index in [1.165, 1.54) is 0 Å². The van der Waals surface area contributed by atoms with E-state index in [9.17, 15) is 9.59 Å². The van der Waals surface area contributed by atoms with Crippen molar-refractivity contribution in [2.75, 3.05) is 18.8 Å². The van der Waals surface area contributed by atoms with Gasteiger partial charge in [0.15, 0.2) is 0 Å². The van der Waals surface area contributed by atoms with E-state index in [1.54, 1.807) is 0 Å². The quantitative estimate of drug-likeness (QED) is 0.829. The summed E-state index contributed by atoms with van der Waals surface area (Å²) in [5.74, 6) is 0.232. The molecule has 1 aliphatic heterocycles. The van der Waals surface area contributed by atoms with Gasteiger partial charge in [-0.3, -0.25) is 9.59 Å². The fourth-order valence-electron chi connectivity index (χ4n) is 2.56. The Morgan fingerprint density at radius 2 is 1.82 bits per heavy atom. The third kappa shape index (κ3) is 4.48. The van der Waals surface area contributed by atoms with E-state index in [-0.39, 0.29) is 23.8 Å². The molecule has 0 aromatic heterocycles. The van der Waals surface area contributed by atoms with Crippen LogP contribution in [-0.2, 0) is 16.0 Å². The van der Waals surface area contributed by atoms with Gasteiger partial charge in [-0.05, 0) is 30.5 Å². The Morgan fingerprint density at radius 3 is 2.36 bits per heavy atom. The van der Waals surface area contributed by atoms with Crippen LogP contribution in [0.5, 0.6) is 0 Å². The maximum atomic E-state index is 12.3. The molecule has 22 heavy (non-hydrogen) atoms. The third-order valence-electron chi connectivity index (χ3n) is 4.05. The van der Waals surface area contributed by atoms with Gasteiger partial charge < -0.3 is 16.0 Å². The van der Waals surface area contributed by atoms with Gasteiger partial charge in [0, 0.05) is 30.7 Å². The number of likely N-dealkylation sites (tertiary alicyclic amines) is 1. The van der Waals surface area contributed by atoms with Crippen molar-refractivity contribution in [3.63, 3.8) is 0 Å². The first-order valence-electron chi connectivity index (χ1n) is 7.88. The molecular formula is C17H25N3O2. The summed E-state index contributed by atoms with van der Waals surface area (Å²) >= 11 is 0. The maximum Gasteiger partial charge on any atom is 0.226 e. The molecule has 0 saturated carbocycles. The highest BCUT2D eigenvalue weighted by molar-refractivity contribution is 5.79. The molecule has 0 unspecified atom stereocenters. The van der Waals surface area contributed by atoms with Crippen molar-refractivity contribution in [3.8, 4) is 0 Å². The van der Waals surface area contributed by atoms with Gasteiger partial charge in [0.2, 0.25) is 11.8 Å². The van der Waals surface area contributed by atoms with E-state index in [2.05, 4.69) is 5.32 Å². The molecule has 1 saturated heterocycles. The molecule has 0 atom stereocenters. The van der Waals surface area contributed by atoms with Crippen LogP contribution in [0, 0.1) is 5.92 Å². The summed E-state index contributed by atoms with van der Waals surface area (Å²) in [7, 11) is 0. The van der Waals surface area contributed by atoms with Crippen LogP contribution in [0.1, 0.15) is 32.3 Å². The summed E-state index contributed by atoms with van der Waals surface area (Å²) < 4.78 is 0. The third-order valence-corrected chi connectivity index (χ3v) is 4.05. The fraction of sp³-hybridized carbons (Fsp3) is 0.529. The van der Waals surface area contributed by atoms with E-state index in [1.807, 2.05) is 43.0 Å². The lowest BCUT2D eigenvalue weighted by Gasteiger charge is -2.32. The van der Waals surface area contributed by atoms with Gasteiger partial charge in [0.25, 0.3) is 0 Å². The lowest BCUT2D eigenvalue weighted by Crippen LogP contribution is -2.47. The zero-order valence-corrected chi connectivity index (χ0v) is 13.3. The number of nitrogens with one attached hydrogen (secondary N) is 1.